The molecule has 2 unspecified atom stereocenters. The van der Waals surface area contributed by atoms with Gasteiger partial charge in [-0.25, -0.2) is 8.42 Å². The highest BCUT2D eigenvalue weighted by Crippen LogP contribution is 2.22. The SMILES string of the molecule is CC1CN(S(=O)(=O)c2ccc(NC(=O)c3ccccc3)cc2)CC(C)O1. The largest absolute Gasteiger partial charge is 0.373 e. The molecule has 26 heavy (non-hydrogen) atoms. The Bertz CT molecular complexity index is 856. The average molecular weight is 374 g/mol. The van der Waals surface area contributed by atoms with Gasteiger partial charge in [0.25, 0.3) is 5.91 Å². The number of nitrogens with zero attached hydrogens (tertiary/aromatic N) is 1. The van der Waals surface area contributed by atoms with Crippen LogP contribution in [-0.2, 0) is 14.8 Å². The van der Waals surface area contributed by atoms with Gasteiger partial charge < -0.3 is 10.1 Å². The first-order chi connectivity index (χ1) is 12.4. The third kappa shape index (κ3) is 4.12. The molecule has 2 aromatic carbocycles. The summed E-state index contributed by atoms with van der Waals surface area (Å²) in [5.74, 6) is -0.239. The van der Waals surface area contributed by atoms with Crippen molar-refractivity contribution in [3.63, 3.8) is 0 Å². The molecule has 0 radical (unpaired) electrons. The van der Waals surface area contributed by atoms with E-state index in [4.69, 9.17) is 4.74 Å². The molecule has 1 fully saturated rings. The predicted molar refractivity (Wildman–Crippen MR) is 99.6 cm³/mol. The predicted octanol–water partition coefficient (Wildman–Crippen LogP) is 2.74. The molecule has 1 heterocycles. The van der Waals surface area contributed by atoms with Gasteiger partial charge in [-0.1, -0.05) is 18.2 Å². The number of carbonyl (C=O) groups excluding carboxylic acids is 1. The maximum atomic E-state index is 12.8. The summed E-state index contributed by atoms with van der Waals surface area (Å²) in [6.45, 7) is 4.39. The fourth-order valence-corrected chi connectivity index (χ4v) is 4.57. The van der Waals surface area contributed by atoms with Crippen LogP contribution >= 0.6 is 0 Å². The third-order valence-corrected chi connectivity index (χ3v) is 6.02. The highest BCUT2D eigenvalue weighted by atomic mass is 32.2. The lowest BCUT2D eigenvalue weighted by molar-refractivity contribution is -0.0440. The minimum Gasteiger partial charge on any atom is -0.373 e. The van der Waals surface area contributed by atoms with Crippen molar-refractivity contribution in [3.05, 3.63) is 60.2 Å². The number of anilines is 1. The van der Waals surface area contributed by atoms with Crippen LogP contribution in [0.2, 0.25) is 0 Å². The Balaban J connectivity index is 1.73. The highest BCUT2D eigenvalue weighted by molar-refractivity contribution is 7.89. The van der Waals surface area contributed by atoms with Crippen molar-refractivity contribution in [1.29, 1.82) is 0 Å². The van der Waals surface area contributed by atoms with E-state index in [0.29, 0.717) is 24.3 Å². The first-order valence-electron chi connectivity index (χ1n) is 8.48. The van der Waals surface area contributed by atoms with Crippen LogP contribution in [-0.4, -0.2) is 43.9 Å². The normalized spacial score (nSPS) is 21.3. The Morgan fingerprint density at radius 3 is 2.15 bits per heavy atom. The molecule has 1 N–H and O–H groups in total. The second kappa shape index (κ2) is 7.57. The van der Waals surface area contributed by atoms with E-state index in [0.717, 1.165) is 0 Å². The number of nitrogens with one attached hydrogen (secondary N) is 1. The van der Waals surface area contributed by atoms with Crippen LogP contribution in [0.15, 0.2) is 59.5 Å². The molecule has 1 aliphatic heterocycles. The Labute approximate surface area is 153 Å². The first-order valence-corrected chi connectivity index (χ1v) is 9.92. The van der Waals surface area contributed by atoms with Crippen molar-refractivity contribution < 1.29 is 17.9 Å². The summed E-state index contributed by atoms with van der Waals surface area (Å²) in [6, 6.07) is 15.1. The quantitative estimate of drug-likeness (QED) is 0.893. The van der Waals surface area contributed by atoms with Crippen LogP contribution < -0.4 is 5.32 Å². The van der Waals surface area contributed by atoms with Crippen molar-refractivity contribution >= 4 is 21.6 Å². The molecule has 138 valence electrons. The Kier molecular flexibility index (Phi) is 5.41. The molecule has 2 aromatic rings. The van der Waals surface area contributed by atoms with Crippen LogP contribution in [0.3, 0.4) is 0 Å². The van der Waals surface area contributed by atoms with Gasteiger partial charge in [0.2, 0.25) is 10.0 Å². The number of morpholine rings is 1. The van der Waals surface area contributed by atoms with Crippen LogP contribution in [0.1, 0.15) is 24.2 Å². The second-order valence-electron chi connectivity index (χ2n) is 6.42. The van der Waals surface area contributed by atoms with Gasteiger partial charge in [-0.15, -0.1) is 0 Å². The lowest BCUT2D eigenvalue weighted by atomic mass is 10.2. The van der Waals surface area contributed by atoms with Crippen molar-refractivity contribution in [2.45, 2.75) is 31.0 Å². The molecule has 0 aliphatic carbocycles. The molecule has 1 saturated heterocycles. The smallest absolute Gasteiger partial charge is 0.255 e. The lowest BCUT2D eigenvalue weighted by Gasteiger charge is -2.34. The summed E-state index contributed by atoms with van der Waals surface area (Å²) in [5, 5.41) is 2.76. The zero-order valence-electron chi connectivity index (χ0n) is 14.8. The summed E-state index contributed by atoms with van der Waals surface area (Å²) in [7, 11) is -3.58. The number of rotatable bonds is 4. The minimum absolute atomic E-state index is 0.141. The Hall–Kier alpha value is -2.22. The highest BCUT2D eigenvalue weighted by Gasteiger charge is 2.32. The fraction of sp³-hybridized carbons (Fsp3) is 0.316. The van der Waals surface area contributed by atoms with Gasteiger partial charge in [0.1, 0.15) is 0 Å². The van der Waals surface area contributed by atoms with Crippen LogP contribution in [0, 0.1) is 0 Å². The van der Waals surface area contributed by atoms with Gasteiger partial charge in [0.05, 0.1) is 17.1 Å². The van der Waals surface area contributed by atoms with Gasteiger partial charge in [0, 0.05) is 24.3 Å². The number of hydrogen-bond acceptors (Lipinski definition) is 4. The molecule has 3 rings (SSSR count). The van der Waals surface area contributed by atoms with E-state index in [2.05, 4.69) is 5.32 Å². The number of amides is 1. The molecular weight excluding hydrogens is 352 g/mol. The molecule has 6 nitrogen and oxygen atoms in total. The standard InChI is InChI=1S/C19H22N2O4S/c1-14-12-21(13-15(2)25-14)26(23,24)18-10-8-17(9-11-18)20-19(22)16-6-4-3-5-7-16/h3-11,14-15H,12-13H2,1-2H3,(H,20,22). The number of ether oxygens (including phenoxy) is 1. The molecule has 0 saturated carbocycles. The maximum Gasteiger partial charge on any atom is 0.255 e. The van der Waals surface area contributed by atoms with E-state index in [9.17, 15) is 13.2 Å². The first kappa shape index (κ1) is 18.6. The third-order valence-electron chi connectivity index (χ3n) is 4.17. The van der Waals surface area contributed by atoms with Crippen molar-refractivity contribution in [2.24, 2.45) is 0 Å². The van der Waals surface area contributed by atoms with E-state index < -0.39 is 10.0 Å². The molecule has 7 heteroatoms. The van der Waals surface area contributed by atoms with Crippen molar-refractivity contribution in [2.75, 3.05) is 18.4 Å². The van der Waals surface area contributed by atoms with E-state index in [1.54, 1.807) is 36.4 Å². The Morgan fingerprint density at radius 2 is 1.58 bits per heavy atom. The molecular formula is C19H22N2O4S. The summed E-state index contributed by atoms with van der Waals surface area (Å²) < 4.78 is 32.7. The fourth-order valence-electron chi connectivity index (χ4n) is 2.98. The average Bonchev–Trinajstić information content (AvgIpc) is 2.62. The van der Waals surface area contributed by atoms with Gasteiger partial charge in [0.15, 0.2) is 0 Å². The van der Waals surface area contributed by atoms with E-state index in [1.165, 1.54) is 16.4 Å². The number of hydrogen-bond donors (Lipinski definition) is 1. The zero-order chi connectivity index (χ0) is 18.7. The summed E-state index contributed by atoms with van der Waals surface area (Å²) in [6.07, 6.45) is -0.282. The maximum absolute atomic E-state index is 12.8. The second-order valence-corrected chi connectivity index (χ2v) is 8.36. The van der Waals surface area contributed by atoms with Crippen LogP contribution in [0.25, 0.3) is 0 Å². The number of sulfonamides is 1. The topological polar surface area (TPSA) is 75.7 Å². The van der Waals surface area contributed by atoms with Gasteiger partial charge in [-0.3, -0.25) is 4.79 Å². The summed E-state index contributed by atoms with van der Waals surface area (Å²) >= 11 is 0. The lowest BCUT2D eigenvalue weighted by Crippen LogP contribution is -2.48. The van der Waals surface area contributed by atoms with Crippen molar-refractivity contribution in [3.8, 4) is 0 Å². The van der Waals surface area contributed by atoms with E-state index in [-0.39, 0.29) is 23.0 Å². The Morgan fingerprint density at radius 1 is 1.00 bits per heavy atom. The van der Waals surface area contributed by atoms with Gasteiger partial charge >= 0.3 is 0 Å². The molecule has 0 bridgehead atoms. The molecule has 1 aliphatic rings. The zero-order valence-corrected chi connectivity index (χ0v) is 15.6. The molecule has 0 spiro atoms. The van der Waals surface area contributed by atoms with Crippen LogP contribution in [0.4, 0.5) is 5.69 Å². The molecule has 1 amide bonds. The monoisotopic (exact) mass is 374 g/mol. The molecule has 2 atom stereocenters. The van der Waals surface area contributed by atoms with Gasteiger partial charge in [-0.2, -0.15) is 4.31 Å². The van der Waals surface area contributed by atoms with Crippen molar-refractivity contribution in [1.82, 2.24) is 4.31 Å². The van der Waals surface area contributed by atoms with Gasteiger partial charge in [-0.05, 0) is 50.2 Å². The number of carbonyl (C=O) groups is 1. The van der Waals surface area contributed by atoms with E-state index in [1.807, 2.05) is 19.9 Å². The summed E-state index contributed by atoms with van der Waals surface area (Å²) in [5.41, 5.74) is 1.09. The summed E-state index contributed by atoms with van der Waals surface area (Å²) in [4.78, 5) is 12.4. The van der Waals surface area contributed by atoms with Crippen LogP contribution in [0.5, 0.6) is 0 Å². The number of benzene rings is 2. The molecule has 0 aromatic heterocycles. The minimum atomic E-state index is -3.58. The van der Waals surface area contributed by atoms with E-state index >= 15 is 0 Å².